The van der Waals surface area contributed by atoms with Crippen LogP contribution >= 0.6 is 0 Å². The van der Waals surface area contributed by atoms with Gasteiger partial charge in [0.2, 0.25) is 5.95 Å². The van der Waals surface area contributed by atoms with E-state index in [0.29, 0.717) is 23.8 Å². The molecule has 0 saturated carbocycles. The highest BCUT2D eigenvalue weighted by molar-refractivity contribution is 5.95. The van der Waals surface area contributed by atoms with Crippen molar-refractivity contribution in [2.24, 2.45) is 0 Å². The van der Waals surface area contributed by atoms with E-state index < -0.39 is 11.7 Å². The zero-order valence-electron chi connectivity index (χ0n) is 24.8. The van der Waals surface area contributed by atoms with Crippen LogP contribution < -0.4 is 15.4 Å². The summed E-state index contributed by atoms with van der Waals surface area (Å²) in [6.45, 7) is 12.2. The van der Waals surface area contributed by atoms with Crippen molar-refractivity contribution in [3.63, 3.8) is 0 Å². The van der Waals surface area contributed by atoms with Crippen LogP contribution in [0.3, 0.4) is 0 Å². The lowest BCUT2D eigenvalue weighted by molar-refractivity contribution is 0.0526. The fourth-order valence-corrected chi connectivity index (χ4v) is 4.66. The summed E-state index contributed by atoms with van der Waals surface area (Å²) in [7, 11) is 1.52. The second-order valence-corrected chi connectivity index (χ2v) is 11.2. The van der Waals surface area contributed by atoms with Crippen molar-refractivity contribution in [1.82, 2.24) is 25.1 Å². The quantitative estimate of drug-likeness (QED) is 0.208. The zero-order valence-corrected chi connectivity index (χ0v) is 24.8. The number of hydrogen-bond acceptors (Lipinski definition) is 7. The Labute approximate surface area is 240 Å². The third-order valence-electron chi connectivity index (χ3n) is 6.62. The van der Waals surface area contributed by atoms with Gasteiger partial charge in [0.25, 0.3) is 0 Å². The molecule has 2 heterocycles. The first kappa shape index (κ1) is 29.8. The van der Waals surface area contributed by atoms with Gasteiger partial charge in [0.1, 0.15) is 23.0 Å². The summed E-state index contributed by atoms with van der Waals surface area (Å²) in [5.74, 6) is 1.39. The maximum Gasteiger partial charge on any atom is 0.407 e. The van der Waals surface area contributed by atoms with Crippen LogP contribution in [0.2, 0.25) is 0 Å². The molecule has 0 spiro atoms. The first-order valence-electron chi connectivity index (χ1n) is 13.9. The number of aromatic nitrogens is 4. The molecule has 0 radical (unpaired) electrons. The second-order valence-electron chi connectivity index (χ2n) is 11.2. The number of amides is 1. The average Bonchev–Trinajstić information content (AvgIpc) is 3.33. The van der Waals surface area contributed by atoms with Crippen LogP contribution in [-0.4, -0.2) is 45.1 Å². The molecule has 41 heavy (non-hydrogen) atoms. The van der Waals surface area contributed by atoms with Crippen LogP contribution in [0.25, 0.3) is 22.0 Å². The molecule has 1 unspecified atom stereocenters. The monoisotopic (exact) mass is 562 g/mol. The number of nitrogens with one attached hydrogen (secondary N) is 2. The second kappa shape index (κ2) is 12.5. The highest BCUT2D eigenvalue weighted by Gasteiger charge is 2.20. The maximum absolute atomic E-state index is 13.9. The fraction of sp³-hybridized carbons (Fsp3) is 0.419. The van der Waals surface area contributed by atoms with Crippen molar-refractivity contribution in [1.29, 1.82) is 0 Å². The Balaban J connectivity index is 1.60. The molecule has 0 saturated heterocycles. The molecule has 218 valence electrons. The number of alkyl carbamates (subject to hydrolysis) is 1. The molecule has 0 bridgehead atoms. The zero-order chi connectivity index (χ0) is 29.7. The molecule has 2 N–H and O–H groups in total. The van der Waals surface area contributed by atoms with Gasteiger partial charge in [-0.25, -0.2) is 23.8 Å². The molecule has 2 aromatic carbocycles. The van der Waals surface area contributed by atoms with Crippen LogP contribution in [0.5, 0.6) is 5.75 Å². The maximum atomic E-state index is 13.9. The SMILES string of the molecule is CCC(CCNC(=O)OC(C)(C)C)c1cc(Nc2ncc3cccc(-c4ccc(F)cc4OC)c3n2)n(C(C)C)n1. The number of anilines is 2. The number of methoxy groups -OCH3 is 1. The summed E-state index contributed by atoms with van der Waals surface area (Å²) in [4.78, 5) is 21.5. The minimum atomic E-state index is -0.540. The van der Waals surface area contributed by atoms with Gasteiger partial charge in [-0.3, -0.25) is 0 Å². The molecule has 0 fully saturated rings. The lowest BCUT2D eigenvalue weighted by atomic mass is 9.98. The van der Waals surface area contributed by atoms with Gasteiger partial charge >= 0.3 is 6.09 Å². The smallest absolute Gasteiger partial charge is 0.407 e. The number of rotatable bonds is 10. The Morgan fingerprint density at radius 2 is 1.90 bits per heavy atom. The van der Waals surface area contributed by atoms with E-state index in [1.165, 1.54) is 19.2 Å². The minimum Gasteiger partial charge on any atom is -0.496 e. The molecule has 0 aliphatic rings. The topological polar surface area (TPSA) is 103 Å². The predicted octanol–water partition coefficient (Wildman–Crippen LogP) is 7.37. The lowest BCUT2D eigenvalue weighted by Crippen LogP contribution is -2.33. The van der Waals surface area contributed by atoms with Crippen LogP contribution in [0.15, 0.2) is 48.7 Å². The molecular weight excluding hydrogens is 523 g/mol. The highest BCUT2D eigenvalue weighted by atomic mass is 19.1. The van der Waals surface area contributed by atoms with Gasteiger partial charge in [-0.05, 0) is 59.6 Å². The van der Waals surface area contributed by atoms with Gasteiger partial charge in [0.05, 0.1) is 18.3 Å². The van der Waals surface area contributed by atoms with Crippen LogP contribution in [-0.2, 0) is 4.74 Å². The number of para-hydroxylation sites is 1. The average molecular weight is 563 g/mol. The van der Waals surface area contributed by atoms with E-state index in [9.17, 15) is 9.18 Å². The number of fused-ring (bicyclic) bond motifs is 1. The molecule has 4 aromatic rings. The van der Waals surface area contributed by atoms with E-state index in [4.69, 9.17) is 19.6 Å². The van der Waals surface area contributed by atoms with Gasteiger partial charge in [-0.15, -0.1) is 0 Å². The minimum absolute atomic E-state index is 0.0862. The van der Waals surface area contributed by atoms with Gasteiger partial charge in [0.15, 0.2) is 0 Å². The van der Waals surface area contributed by atoms with Gasteiger partial charge < -0.3 is 20.1 Å². The Kier molecular flexibility index (Phi) is 9.10. The van der Waals surface area contributed by atoms with Crippen molar-refractivity contribution < 1.29 is 18.7 Å². The number of halogens is 1. The van der Waals surface area contributed by atoms with E-state index in [2.05, 4.69) is 36.4 Å². The lowest BCUT2D eigenvalue weighted by Gasteiger charge is -2.20. The van der Waals surface area contributed by atoms with E-state index in [0.717, 1.165) is 40.9 Å². The van der Waals surface area contributed by atoms with Crippen molar-refractivity contribution in [2.45, 2.75) is 71.9 Å². The van der Waals surface area contributed by atoms with Gasteiger partial charge in [-0.1, -0.05) is 25.1 Å². The van der Waals surface area contributed by atoms with Crippen LogP contribution in [0.4, 0.5) is 21.0 Å². The highest BCUT2D eigenvalue weighted by Crippen LogP contribution is 2.35. The largest absolute Gasteiger partial charge is 0.496 e. The molecule has 2 aromatic heterocycles. The Hall–Kier alpha value is -4.21. The van der Waals surface area contributed by atoms with Crippen molar-refractivity contribution in [3.05, 3.63) is 60.2 Å². The summed E-state index contributed by atoms with van der Waals surface area (Å²) >= 11 is 0. The fourth-order valence-electron chi connectivity index (χ4n) is 4.66. The molecule has 1 amide bonds. The van der Waals surface area contributed by atoms with Gasteiger partial charge in [0, 0.05) is 53.3 Å². The van der Waals surface area contributed by atoms with E-state index >= 15 is 0 Å². The Morgan fingerprint density at radius 3 is 2.59 bits per heavy atom. The number of hydrogen-bond donors (Lipinski definition) is 2. The van der Waals surface area contributed by atoms with Crippen molar-refractivity contribution in [2.75, 3.05) is 19.0 Å². The third-order valence-corrected chi connectivity index (χ3v) is 6.62. The summed E-state index contributed by atoms with van der Waals surface area (Å²) in [6, 6.07) is 12.4. The molecular formula is C31H39FN6O3. The standard InChI is InChI=1S/C31H39FN6O3/c1-8-20(14-15-33-30(39)41-31(4,5)6)25-17-27(38(37-25)19(2)3)35-29-34-18-21-10-9-11-24(28(21)36-29)23-13-12-22(32)16-26(23)40-7/h9-13,16-20H,8,14-15H2,1-7H3,(H,33,39)(H,34,35,36). The van der Waals surface area contributed by atoms with Crippen LogP contribution in [0, 0.1) is 5.82 Å². The normalized spacial score (nSPS) is 12.4. The number of ether oxygens (including phenoxy) is 2. The molecule has 9 nitrogen and oxygen atoms in total. The number of benzene rings is 2. The first-order valence-corrected chi connectivity index (χ1v) is 13.9. The predicted molar refractivity (Wildman–Crippen MR) is 159 cm³/mol. The summed E-state index contributed by atoms with van der Waals surface area (Å²) in [5, 5.41) is 11.9. The van der Waals surface area contributed by atoms with Crippen LogP contribution in [0.1, 0.15) is 72.0 Å². The van der Waals surface area contributed by atoms with Crippen molar-refractivity contribution >= 4 is 28.8 Å². The third kappa shape index (κ3) is 7.31. The van der Waals surface area contributed by atoms with E-state index in [1.54, 1.807) is 12.3 Å². The Morgan fingerprint density at radius 1 is 1.12 bits per heavy atom. The molecule has 1 atom stereocenters. The first-order chi connectivity index (χ1) is 19.5. The van der Waals surface area contributed by atoms with E-state index in [1.807, 2.05) is 49.7 Å². The molecule has 4 rings (SSSR count). The number of carbonyl (C=O) groups is 1. The van der Waals surface area contributed by atoms with Crippen molar-refractivity contribution in [3.8, 4) is 16.9 Å². The summed E-state index contributed by atoms with van der Waals surface area (Å²) in [5.41, 5.74) is 2.65. The summed E-state index contributed by atoms with van der Waals surface area (Å²) < 4.78 is 26.6. The molecule has 0 aliphatic heterocycles. The molecule has 0 aliphatic carbocycles. The van der Waals surface area contributed by atoms with E-state index in [-0.39, 0.29) is 17.8 Å². The Bertz CT molecular complexity index is 1510. The summed E-state index contributed by atoms with van der Waals surface area (Å²) in [6.07, 6.45) is 2.92. The number of carbonyl (C=O) groups excluding carboxylic acids is 1. The molecule has 10 heteroatoms. The number of nitrogens with zero attached hydrogens (tertiary/aromatic N) is 4. The van der Waals surface area contributed by atoms with Gasteiger partial charge in [-0.2, -0.15) is 5.10 Å².